The summed E-state index contributed by atoms with van der Waals surface area (Å²) in [5.74, 6) is 0.510. The molecular weight excluding hydrogens is 278 g/mol. The van der Waals surface area contributed by atoms with Crippen LogP contribution in [0, 0.1) is 5.92 Å². The van der Waals surface area contributed by atoms with Crippen molar-refractivity contribution in [3.05, 3.63) is 35.9 Å². The van der Waals surface area contributed by atoms with Gasteiger partial charge < -0.3 is 10.1 Å². The van der Waals surface area contributed by atoms with Crippen LogP contribution in [-0.2, 0) is 24.4 Å². The van der Waals surface area contributed by atoms with Gasteiger partial charge in [-0.15, -0.1) is 0 Å². The SMILES string of the molecule is CCn1cc(CNC[C@H]2CCO[C@@H]2c2cnn(CC)c2)cn1. The molecule has 1 saturated heterocycles. The molecule has 1 aliphatic rings. The fourth-order valence-corrected chi connectivity index (χ4v) is 2.98. The highest BCUT2D eigenvalue weighted by atomic mass is 16.5. The van der Waals surface area contributed by atoms with Gasteiger partial charge in [0, 0.05) is 62.2 Å². The van der Waals surface area contributed by atoms with Crippen molar-refractivity contribution in [1.29, 1.82) is 0 Å². The molecule has 1 fully saturated rings. The number of ether oxygens (including phenoxy) is 1. The van der Waals surface area contributed by atoms with Crippen LogP contribution in [0.4, 0.5) is 0 Å². The van der Waals surface area contributed by atoms with Gasteiger partial charge in [0.1, 0.15) is 0 Å². The van der Waals surface area contributed by atoms with Gasteiger partial charge in [0.05, 0.1) is 18.5 Å². The molecule has 0 bridgehead atoms. The third-order valence-corrected chi connectivity index (χ3v) is 4.27. The van der Waals surface area contributed by atoms with Crippen LogP contribution < -0.4 is 5.32 Å². The Hall–Kier alpha value is -1.66. The Morgan fingerprint density at radius 1 is 1.18 bits per heavy atom. The summed E-state index contributed by atoms with van der Waals surface area (Å²) in [6.45, 7) is 8.67. The molecule has 0 spiro atoms. The molecule has 0 unspecified atom stereocenters. The van der Waals surface area contributed by atoms with E-state index in [1.807, 2.05) is 21.8 Å². The average Bonchev–Trinajstić information content (AvgIpc) is 3.27. The maximum Gasteiger partial charge on any atom is 0.0896 e. The maximum absolute atomic E-state index is 5.92. The predicted octanol–water partition coefficient (Wildman–Crippen LogP) is 1.99. The van der Waals surface area contributed by atoms with Gasteiger partial charge in [-0.25, -0.2) is 0 Å². The van der Waals surface area contributed by atoms with E-state index in [9.17, 15) is 0 Å². The van der Waals surface area contributed by atoms with Gasteiger partial charge in [0.25, 0.3) is 0 Å². The minimum Gasteiger partial charge on any atom is -0.373 e. The lowest BCUT2D eigenvalue weighted by Gasteiger charge is -2.17. The standard InChI is InChI=1S/C16H25N5O/c1-3-20-11-13(8-18-20)7-17-9-14-5-6-22-16(14)15-10-19-21(4-2)12-15/h8,10-12,14,16-17H,3-7,9H2,1-2H3/t14-,16+/m1/s1. The topological polar surface area (TPSA) is 56.9 Å². The minimum atomic E-state index is 0.172. The van der Waals surface area contributed by atoms with E-state index < -0.39 is 0 Å². The van der Waals surface area contributed by atoms with Crippen LogP contribution in [0.25, 0.3) is 0 Å². The van der Waals surface area contributed by atoms with Crippen molar-refractivity contribution in [2.45, 2.75) is 46.0 Å². The number of nitrogens with one attached hydrogen (secondary N) is 1. The molecule has 2 aromatic rings. The third-order valence-electron chi connectivity index (χ3n) is 4.27. The van der Waals surface area contributed by atoms with Crippen molar-refractivity contribution in [2.24, 2.45) is 5.92 Å². The van der Waals surface area contributed by atoms with Gasteiger partial charge in [0.15, 0.2) is 0 Å². The van der Waals surface area contributed by atoms with Crippen molar-refractivity contribution >= 4 is 0 Å². The van der Waals surface area contributed by atoms with Crippen molar-refractivity contribution in [1.82, 2.24) is 24.9 Å². The van der Waals surface area contributed by atoms with Gasteiger partial charge in [-0.05, 0) is 20.3 Å². The van der Waals surface area contributed by atoms with E-state index in [1.165, 1.54) is 11.1 Å². The molecule has 1 aliphatic heterocycles. The van der Waals surface area contributed by atoms with E-state index in [-0.39, 0.29) is 6.10 Å². The molecule has 0 radical (unpaired) electrons. The molecule has 0 aromatic carbocycles. The lowest BCUT2D eigenvalue weighted by Crippen LogP contribution is -2.24. The molecule has 3 heterocycles. The predicted molar refractivity (Wildman–Crippen MR) is 84.3 cm³/mol. The lowest BCUT2D eigenvalue weighted by molar-refractivity contribution is 0.0904. The first kappa shape index (κ1) is 15.2. The van der Waals surface area contributed by atoms with E-state index in [0.29, 0.717) is 5.92 Å². The Morgan fingerprint density at radius 2 is 1.95 bits per heavy atom. The molecule has 3 rings (SSSR count). The summed E-state index contributed by atoms with van der Waals surface area (Å²) in [5, 5.41) is 12.2. The Morgan fingerprint density at radius 3 is 2.68 bits per heavy atom. The molecule has 0 saturated carbocycles. The summed E-state index contributed by atoms with van der Waals surface area (Å²) in [4.78, 5) is 0. The van der Waals surface area contributed by atoms with E-state index in [4.69, 9.17) is 4.74 Å². The largest absolute Gasteiger partial charge is 0.373 e. The van der Waals surface area contributed by atoms with Gasteiger partial charge in [0.2, 0.25) is 0 Å². The van der Waals surface area contributed by atoms with E-state index in [2.05, 4.69) is 41.8 Å². The summed E-state index contributed by atoms with van der Waals surface area (Å²) in [7, 11) is 0. The monoisotopic (exact) mass is 303 g/mol. The van der Waals surface area contributed by atoms with Gasteiger partial charge in [-0.2, -0.15) is 10.2 Å². The van der Waals surface area contributed by atoms with Crippen LogP contribution >= 0.6 is 0 Å². The summed E-state index contributed by atoms with van der Waals surface area (Å²) < 4.78 is 9.84. The molecular formula is C16H25N5O. The summed E-state index contributed by atoms with van der Waals surface area (Å²) >= 11 is 0. The van der Waals surface area contributed by atoms with Crippen LogP contribution in [0.1, 0.15) is 37.5 Å². The normalized spacial score (nSPS) is 21.5. The van der Waals surface area contributed by atoms with Crippen molar-refractivity contribution < 1.29 is 4.74 Å². The number of aryl methyl sites for hydroxylation is 2. The zero-order valence-corrected chi connectivity index (χ0v) is 13.4. The highest BCUT2D eigenvalue weighted by Crippen LogP contribution is 2.33. The Kier molecular flexibility index (Phi) is 4.90. The van der Waals surface area contributed by atoms with E-state index in [1.54, 1.807) is 0 Å². The minimum absolute atomic E-state index is 0.172. The Labute approximate surface area is 131 Å². The third kappa shape index (κ3) is 3.39. The fraction of sp³-hybridized carbons (Fsp3) is 0.625. The number of hydrogen-bond donors (Lipinski definition) is 1. The first-order valence-corrected chi connectivity index (χ1v) is 8.16. The second-order valence-electron chi connectivity index (χ2n) is 5.80. The molecule has 2 aromatic heterocycles. The van der Waals surface area contributed by atoms with E-state index in [0.717, 1.165) is 39.2 Å². The zero-order valence-electron chi connectivity index (χ0n) is 13.4. The molecule has 6 nitrogen and oxygen atoms in total. The second kappa shape index (κ2) is 7.07. The van der Waals surface area contributed by atoms with Gasteiger partial charge in [-0.3, -0.25) is 9.36 Å². The molecule has 1 N–H and O–H groups in total. The second-order valence-corrected chi connectivity index (χ2v) is 5.80. The first-order chi connectivity index (χ1) is 10.8. The molecule has 0 amide bonds. The highest BCUT2D eigenvalue weighted by Gasteiger charge is 2.30. The van der Waals surface area contributed by atoms with Gasteiger partial charge >= 0.3 is 0 Å². The number of rotatable bonds is 7. The van der Waals surface area contributed by atoms with Crippen molar-refractivity contribution in [3.63, 3.8) is 0 Å². The van der Waals surface area contributed by atoms with Crippen LogP contribution in [0.3, 0.4) is 0 Å². The van der Waals surface area contributed by atoms with Crippen LogP contribution in [-0.4, -0.2) is 32.7 Å². The fourth-order valence-electron chi connectivity index (χ4n) is 2.98. The summed E-state index contributed by atoms with van der Waals surface area (Å²) in [6, 6.07) is 0. The van der Waals surface area contributed by atoms with Crippen LogP contribution in [0.2, 0.25) is 0 Å². The smallest absolute Gasteiger partial charge is 0.0896 e. The van der Waals surface area contributed by atoms with Crippen molar-refractivity contribution in [2.75, 3.05) is 13.2 Å². The van der Waals surface area contributed by atoms with Crippen molar-refractivity contribution in [3.8, 4) is 0 Å². The maximum atomic E-state index is 5.92. The average molecular weight is 303 g/mol. The van der Waals surface area contributed by atoms with Crippen LogP contribution in [0.5, 0.6) is 0 Å². The molecule has 22 heavy (non-hydrogen) atoms. The summed E-state index contributed by atoms with van der Waals surface area (Å²) in [5.41, 5.74) is 2.43. The van der Waals surface area contributed by atoms with E-state index >= 15 is 0 Å². The lowest BCUT2D eigenvalue weighted by atomic mass is 9.97. The first-order valence-electron chi connectivity index (χ1n) is 8.16. The molecule has 2 atom stereocenters. The molecule has 6 heteroatoms. The zero-order chi connectivity index (χ0) is 15.4. The molecule has 120 valence electrons. The number of nitrogens with zero attached hydrogens (tertiary/aromatic N) is 4. The van der Waals surface area contributed by atoms with Gasteiger partial charge in [-0.1, -0.05) is 0 Å². The molecule has 0 aliphatic carbocycles. The Bertz CT molecular complexity index is 591. The highest BCUT2D eigenvalue weighted by molar-refractivity contribution is 5.11. The quantitative estimate of drug-likeness (QED) is 0.850. The number of hydrogen-bond acceptors (Lipinski definition) is 4. The summed E-state index contributed by atoms with van der Waals surface area (Å²) in [6.07, 6.45) is 9.35. The Balaban J connectivity index is 1.52. The van der Waals surface area contributed by atoms with Crippen LogP contribution in [0.15, 0.2) is 24.8 Å². The number of aromatic nitrogens is 4.